The van der Waals surface area contributed by atoms with Gasteiger partial charge in [0, 0.05) is 60.9 Å². The van der Waals surface area contributed by atoms with Crippen LogP contribution in [0.2, 0.25) is 0 Å². The number of rotatable bonds is 9. The average Bonchev–Trinajstić information content (AvgIpc) is 3.50. The molecule has 9 heteroatoms. The lowest BCUT2D eigenvalue weighted by Crippen LogP contribution is -2.36. The summed E-state index contributed by atoms with van der Waals surface area (Å²) in [5, 5.41) is 8.21. The molecule has 29 heavy (non-hydrogen) atoms. The molecule has 0 bridgehead atoms. The van der Waals surface area contributed by atoms with Gasteiger partial charge in [-0.25, -0.2) is 15.0 Å². The topological polar surface area (TPSA) is 80.2 Å². The van der Waals surface area contributed by atoms with Crippen molar-refractivity contribution < 1.29 is 9.53 Å². The van der Waals surface area contributed by atoms with Gasteiger partial charge in [0.15, 0.2) is 0 Å². The standard InChI is InChI=1S/C20H23N5O2S2/c1-27-10-9-25-14(4-5-17(25)26)6-7-22-20-23-13-15(16-3-2-11-28-16)18(24-20)19-21-8-12-29-19/h2-3,8,11-14H,4-7,9-10H2,1H3,(H,22,23,24)/t14-/m0/s1. The number of aromatic nitrogens is 3. The first kappa shape index (κ1) is 19.9. The highest BCUT2D eigenvalue weighted by Crippen LogP contribution is 2.34. The summed E-state index contributed by atoms with van der Waals surface area (Å²) in [6.45, 7) is 1.93. The molecule has 1 fully saturated rings. The number of carbonyl (C=O) groups is 1. The minimum Gasteiger partial charge on any atom is -0.383 e. The fourth-order valence-electron chi connectivity index (χ4n) is 3.52. The van der Waals surface area contributed by atoms with Crippen molar-refractivity contribution in [3.63, 3.8) is 0 Å². The summed E-state index contributed by atoms with van der Waals surface area (Å²) in [4.78, 5) is 28.8. The third kappa shape index (κ3) is 4.63. The molecule has 3 aromatic rings. The van der Waals surface area contributed by atoms with E-state index in [1.165, 1.54) is 0 Å². The lowest BCUT2D eigenvalue weighted by molar-refractivity contribution is -0.129. The van der Waals surface area contributed by atoms with E-state index in [-0.39, 0.29) is 11.9 Å². The zero-order valence-electron chi connectivity index (χ0n) is 16.2. The van der Waals surface area contributed by atoms with Gasteiger partial charge in [-0.15, -0.1) is 22.7 Å². The predicted octanol–water partition coefficient (Wildman–Crippen LogP) is 3.77. The highest BCUT2D eigenvalue weighted by atomic mass is 32.1. The fourth-order valence-corrected chi connectivity index (χ4v) is 4.90. The molecule has 7 nitrogen and oxygen atoms in total. The molecule has 0 saturated carbocycles. The van der Waals surface area contributed by atoms with E-state index in [1.807, 2.05) is 27.9 Å². The van der Waals surface area contributed by atoms with Crippen LogP contribution < -0.4 is 5.32 Å². The third-order valence-corrected chi connectivity index (χ3v) is 6.64. The zero-order valence-corrected chi connectivity index (χ0v) is 17.8. The Hall–Kier alpha value is -2.36. The van der Waals surface area contributed by atoms with E-state index in [2.05, 4.69) is 21.4 Å². The van der Waals surface area contributed by atoms with Crippen LogP contribution in [0.1, 0.15) is 19.3 Å². The van der Waals surface area contributed by atoms with Gasteiger partial charge in [-0.3, -0.25) is 4.79 Å². The number of carbonyl (C=O) groups excluding carboxylic acids is 1. The molecule has 4 rings (SSSR count). The van der Waals surface area contributed by atoms with E-state index >= 15 is 0 Å². The number of thiazole rings is 1. The highest BCUT2D eigenvalue weighted by molar-refractivity contribution is 7.14. The number of anilines is 1. The molecule has 152 valence electrons. The first-order valence-corrected chi connectivity index (χ1v) is 11.3. The molecule has 0 unspecified atom stereocenters. The molecule has 1 atom stereocenters. The van der Waals surface area contributed by atoms with Crippen LogP contribution in [0, 0.1) is 0 Å². The molecule has 0 aliphatic carbocycles. The lowest BCUT2D eigenvalue weighted by Gasteiger charge is -2.24. The lowest BCUT2D eigenvalue weighted by atomic mass is 10.1. The zero-order chi connectivity index (χ0) is 20.1. The van der Waals surface area contributed by atoms with Crippen molar-refractivity contribution in [2.75, 3.05) is 32.1 Å². The molecular formula is C20H23N5O2S2. The molecule has 0 radical (unpaired) electrons. The predicted molar refractivity (Wildman–Crippen MR) is 116 cm³/mol. The monoisotopic (exact) mass is 429 g/mol. The third-order valence-electron chi connectivity index (χ3n) is 4.96. The summed E-state index contributed by atoms with van der Waals surface area (Å²) >= 11 is 3.23. The Bertz CT molecular complexity index is 931. The van der Waals surface area contributed by atoms with Gasteiger partial charge in [0.05, 0.1) is 6.61 Å². The van der Waals surface area contributed by atoms with E-state index in [0.717, 1.165) is 34.0 Å². The minimum absolute atomic E-state index is 0.217. The van der Waals surface area contributed by atoms with Gasteiger partial charge in [0.25, 0.3) is 0 Å². The normalized spacial score (nSPS) is 16.5. The van der Waals surface area contributed by atoms with Crippen LogP contribution in [0.4, 0.5) is 5.95 Å². The number of ether oxygens (including phenoxy) is 1. The van der Waals surface area contributed by atoms with Crippen LogP contribution >= 0.6 is 22.7 Å². The van der Waals surface area contributed by atoms with E-state index in [1.54, 1.807) is 36.0 Å². The molecule has 1 amide bonds. The Morgan fingerprint density at radius 3 is 3.00 bits per heavy atom. The summed E-state index contributed by atoms with van der Waals surface area (Å²) in [6.07, 6.45) is 6.03. The molecule has 0 spiro atoms. The van der Waals surface area contributed by atoms with Crippen LogP contribution in [-0.2, 0) is 9.53 Å². The Kier molecular flexibility index (Phi) is 6.48. The number of thiophene rings is 1. The van der Waals surface area contributed by atoms with Gasteiger partial charge in [-0.05, 0) is 24.3 Å². The maximum atomic E-state index is 12.1. The second kappa shape index (κ2) is 9.43. The van der Waals surface area contributed by atoms with Crippen molar-refractivity contribution in [2.45, 2.75) is 25.3 Å². The minimum atomic E-state index is 0.217. The Balaban J connectivity index is 1.44. The van der Waals surface area contributed by atoms with E-state index in [9.17, 15) is 4.79 Å². The molecule has 0 aromatic carbocycles. The number of nitrogens with one attached hydrogen (secondary N) is 1. The first-order chi connectivity index (χ1) is 14.3. The number of hydrogen-bond acceptors (Lipinski definition) is 8. The Morgan fingerprint density at radius 2 is 2.24 bits per heavy atom. The van der Waals surface area contributed by atoms with E-state index < -0.39 is 0 Å². The van der Waals surface area contributed by atoms with Crippen molar-refractivity contribution in [2.24, 2.45) is 0 Å². The van der Waals surface area contributed by atoms with Crippen molar-refractivity contribution in [3.8, 4) is 21.1 Å². The molecule has 4 heterocycles. The average molecular weight is 430 g/mol. The van der Waals surface area contributed by atoms with Gasteiger partial charge in [0.2, 0.25) is 11.9 Å². The number of methoxy groups -OCH3 is 1. The van der Waals surface area contributed by atoms with E-state index in [0.29, 0.717) is 32.1 Å². The van der Waals surface area contributed by atoms with Crippen LogP contribution in [0.15, 0.2) is 35.3 Å². The summed E-state index contributed by atoms with van der Waals surface area (Å²) in [6, 6.07) is 4.34. The van der Waals surface area contributed by atoms with Gasteiger partial charge in [-0.2, -0.15) is 0 Å². The van der Waals surface area contributed by atoms with Crippen molar-refractivity contribution in [3.05, 3.63) is 35.3 Å². The fraction of sp³-hybridized carbons (Fsp3) is 0.400. The summed E-state index contributed by atoms with van der Waals surface area (Å²) in [5.41, 5.74) is 1.84. The highest BCUT2D eigenvalue weighted by Gasteiger charge is 2.30. The Labute approximate surface area is 177 Å². The van der Waals surface area contributed by atoms with Crippen LogP contribution in [-0.4, -0.2) is 58.6 Å². The second-order valence-corrected chi connectivity index (χ2v) is 8.60. The number of hydrogen-bond donors (Lipinski definition) is 1. The van der Waals surface area contributed by atoms with Crippen molar-refractivity contribution >= 4 is 34.5 Å². The van der Waals surface area contributed by atoms with Crippen LogP contribution in [0.5, 0.6) is 0 Å². The molecule has 1 aliphatic heterocycles. The number of likely N-dealkylation sites (tertiary alicyclic amines) is 1. The second-order valence-electron chi connectivity index (χ2n) is 6.76. The van der Waals surface area contributed by atoms with Crippen LogP contribution in [0.3, 0.4) is 0 Å². The maximum Gasteiger partial charge on any atom is 0.223 e. The molecule has 1 aliphatic rings. The molecule has 3 aromatic heterocycles. The maximum absolute atomic E-state index is 12.1. The summed E-state index contributed by atoms with van der Waals surface area (Å²) in [7, 11) is 1.66. The SMILES string of the molecule is COCCN1C(=O)CC[C@H]1CCNc1ncc(-c2cccs2)c(-c2nccs2)n1. The van der Waals surface area contributed by atoms with Crippen molar-refractivity contribution in [1.82, 2.24) is 19.9 Å². The van der Waals surface area contributed by atoms with E-state index in [4.69, 9.17) is 9.72 Å². The Morgan fingerprint density at radius 1 is 1.31 bits per heavy atom. The van der Waals surface area contributed by atoms with Gasteiger partial charge in [0.1, 0.15) is 10.7 Å². The molecule has 1 N–H and O–H groups in total. The molecule has 1 saturated heterocycles. The van der Waals surface area contributed by atoms with Gasteiger partial charge in [-0.1, -0.05) is 6.07 Å². The quantitative estimate of drug-likeness (QED) is 0.558. The van der Waals surface area contributed by atoms with Gasteiger partial charge >= 0.3 is 0 Å². The largest absolute Gasteiger partial charge is 0.383 e. The van der Waals surface area contributed by atoms with Crippen molar-refractivity contribution in [1.29, 1.82) is 0 Å². The summed E-state index contributed by atoms with van der Waals surface area (Å²) in [5.74, 6) is 0.804. The number of amides is 1. The molecular weight excluding hydrogens is 406 g/mol. The van der Waals surface area contributed by atoms with Gasteiger partial charge < -0.3 is 15.0 Å². The van der Waals surface area contributed by atoms with Crippen LogP contribution in [0.25, 0.3) is 21.1 Å². The summed E-state index contributed by atoms with van der Waals surface area (Å²) < 4.78 is 5.13. The smallest absolute Gasteiger partial charge is 0.223 e. The number of nitrogens with zero attached hydrogens (tertiary/aromatic N) is 4. The first-order valence-electron chi connectivity index (χ1n) is 9.59.